The van der Waals surface area contributed by atoms with Crippen LogP contribution in [0.25, 0.3) is 0 Å². The molecule has 0 radical (unpaired) electrons. The lowest BCUT2D eigenvalue weighted by Crippen LogP contribution is -2.13. The maximum absolute atomic E-state index is 6.08. The van der Waals surface area contributed by atoms with Gasteiger partial charge in [0.1, 0.15) is 11.9 Å². The van der Waals surface area contributed by atoms with Crippen molar-refractivity contribution in [2.75, 3.05) is 5.73 Å². The van der Waals surface area contributed by atoms with E-state index in [9.17, 15) is 0 Å². The molecule has 2 fully saturated rings. The van der Waals surface area contributed by atoms with Crippen LogP contribution in [0.5, 0.6) is 0 Å². The van der Waals surface area contributed by atoms with Crippen molar-refractivity contribution in [1.82, 2.24) is 9.97 Å². The van der Waals surface area contributed by atoms with Gasteiger partial charge in [-0.2, -0.15) is 0 Å². The normalized spacial score (nSPS) is 28.1. The lowest BCUT2D eigenvalue weighted by atomic mass is 10.0. The lowest BCUT2D eigenvalue weighted by Gasteiger charge is -2.16. The molecule has 2 atom stereocenters. The fourth-order valence-corrected chi connectivity index (χ4v) is 3.79. The monoisotopic (exact) mass is 373 g/mol. The number of halogens is 1. The molecule has 0 aromatic carbocycles. The van der Waals surface area contributed by atoms with Gasteiger partial charge >= 0.3 is 0 Å². The van der Waals surface area contributed by atoms with E-state index in [4.69, 9.17) is 15.5 Å². The fourth-order valence-electron chi connectivity index (χ4n) is 3.11. The smallest absolute Gasteiger partial charge is 0.159 e. The third-order valence-electron chi connectivity index (χ3n) is 4.18. The number of rotatable bonds is 2. The number of aromatic nitrogens is 2. The first-order valence-corrected chi connectivity index (χ1v) is 8.21. The van der Waals surface area contributed by atoms with Gasteiger partial charge in [-0.25, -0.2) is 9.97 Å². The molecule has 0 bridgehead atoms. The van der Waals surface area contributed by atoms with Crippen molar-refractivity contribution in [1.29, 1.82) is 0 Å². The molecule has 5 heteroatoms. The molecule has 1 aliphatic carbocycles. The van der Waals surface area contributed by atoms with Crippen molar-refractivity contribution in [3.8, 4) is 0 Å². The molecule has 0 amide bonds. The quantitative estimate of drug-likeness (QED) is 0.806. The van der Waals surface area contributed by atoms with E-state index >= 15 is 0 Å². The molecule has 1 saturated heterocycles. The zero-order valence-electron chi connectivity index (χ0n) is 11.2. The minimum absolute atomic E-state index is 0.0365. The van der Waals surface area contributed by atoms with E-state index in [0.29, 0.717) is 17.8 Å². The Morgan fingerprint density at radius 2 is 1.89 bits per heavy atom. The number of hydrogen-bond acceptors (Lipinski definition) is 4. The zero-order chi connectivity index (χ0) is 13.4. The van der Waals surface area contributed by atoms with Crippen LogP contribution in [0.15, 0.2) is 0 Å². The molecule has 2 unspecified atom stereocenters. The second-order valence-corrected chi connectivity index (χ2v) is 6.74. The summed E-state index contributed by atoms with van der Waals surface area (Å²) in [7, 11) is 0. The van der Waals surface area contributed by atoms with Crippen LogP contribution in [0.1, 0.15) is 69.0 Å². The van der Waals surface area contributed by atoms with E-state index < -0.39 is 0 Å². The summed E-state index contributed by atoms with van der Waals surface area (Å²) >= 11 is 2.29. The summed E-state index contributed by atoms with van der Waals surface area (Å²) in [5.74, 6) is 1.98. The molecule has 4 nitrogen and oxygen atoms in total. The maximum atomic E-state index is 6.08. The van der Waals surface area contributed by atoms with Gasteiger partial charge in [-0.1, -0.05) is 12.8 Å². The van der Waals surface area contributed by atoms with Crippen molar-refractivity contribution in [3.63, 3.8) is 0 Å². The SMILES string of the molecule is CC1CCC(c2nc(N)c(I)c(C3CCCC3)n2)O1. The maximum Gasteiger partial charge on any atom is 0.159 e. The van der Waals surface area contributed by atoms with Crippen LogP contribution in [0, 0.1) is 3.57 Å². The summed E-state index contributed by atoms with van der Waals surface area (Å²) in [6.45, 7) is 2.11. The summed E-state index contributed by atoms with van der Waals surface area (Å²) in [5.41, 5.74) is 7.23. The summed E-state index contributed by atoms with van der Waals surface area (Å²) in [6, 6.07) is 0. The fraction of sp³-hybridized carbons (Fsp3) is 0.714. The van der Waals surface area contributed by atoms with Crippen LogP contribution >= 0.6 is 22.6 Å². The van der Waals surface area contributed by atoms with Crippen molar-refractivity contribution in [2.45, 2.75) is 63.6 Å². The van der Waals surface area contributed by atoms with Crippen LogP contribution in [0.4, 0.5) is 5.82 Å². The Morgan fingerprint density at radius 3 is 2.53 bits per heavy atom. The molecule has 2 N–H and O–H groups in total. The Labute approximate surface area is 127 Å². The van der Waals surface area contributed by atoms with Gasteiger partial charge in [0.05, 0.1) is 15.4 Å². The van der Waals surface area contributed by atoms with Gasteiger partial charge < -0.3 is 10.5 Å². The second-order valence-electron chi connectivity index (χ2n) is 5.66. The summed E-state index contributed by atoms with van der Waals surface area (Å²) in [4.78, 5) is 9.26. The highest BCUT2D eigenvalue weighted by Gasteiger charge is 2.29. The molecule has 0 spiro atoms. The van der Waals surface area contributed by atoms with Crippen molar-refractivity contribution in [3.05, 3.63) is 15.1 Å². The molecular weight excluding hydrogens is 353 g/mol. The molecule has 1 aromatic rings. The van der Waals surface area contributed by atoms with Gasteiger partial charge in [-0.3, -0.25) is 0 Å². The first-order chi connectivity index (χ1) is 9.15. The molecule has 1 aliphatic heterocycles. The predicted octanol–water partition coefficient (Wildman–Crippen LogP) is 3.56. The highest BCUT2D eigenvalue weighted by molar-refractivity contribution is 14.1. The molecular formula is C14H20IN3O. The van der Waals surface area contributed by atoms with Gasteiger partial charge in [-0.15, -0.1) is 0 Å². The van der Waals surface area contributed by atoms with E-state index in [-0.39, 0.29) is 6.10 Å². The van der Waals surface area contributed by atoms with E-state index in [1.165, 1.54) is 25.7 Å². The minimum Gasteiger partial charge on any atom is -0.383 e. The van der Waals surface area contributed by atoms with Crippen molar-refractivity contribution < 1.29 is 4.74 Å². The third-order valence-corrected chi connectivity index (χ3v) is 5.29. The highest BCUT2D eigenvalue weighted by atomic mass is 127. The van der Waals surface area contributed by atoms with Crippen LogP contribution in [0.3, 0.4) is 0 Å². The Balaban J connectivity index is 1.93. The summed E-state index contributed by atoms with van der Waals surface area (Å²) < 4.78 is 6.92. The standard InChI is InChI=1S/C14H20IN3O/c1-8-6-7-10(19-8)14-17-12(9-4-2-3-5-9)11(15)13(16)18-14/h8-10H,2-7H2,1H3,(H2,16,17,18). The Hall–Kier alpha value is -0.430. The van der Waals surface area contributed by atoms with Crippen molar-refractivity contribution >= 4 is 28.4 Å². The van der Waals surface area contributed by atoms with Crippen molar-refractivity contribution in [2.24, 2.45) is 0 Å². The third kappa shape index (κ3) is 2.72. The second kappa shape index (κ2) is 5.52. The van der Waals surface area contributed by atoms with Crippen LogP contribution in [-0.4, -0.2) is 16.1 Å². The van der Waals surface area contributed by atoms with Crippen LogP contribution in [0.2, 0.25) is 0 Å². The highest BCUT2D eigenvalue weighted by Crippen LogP contribution is 2.38. The Kier molecular flexibility index (Phi) is 3.93. The summed E-state index contributed by atoms with van der Waals surface area (Å²) in [5, 5.41) is 0. The Bertz CT molecular complexity index is 474. The van der Waals surface area contributed by atoms with E-state index in [1.54, 1.807) is 0 Å². The first kappa shape index (κ1) is 13.5. The van der Waals surface area contributed by atoms with Gasteiger partial charge in [0, 0.05) is 5.92 Å². The minimum atomic E-state index is 0.0365. The molecule has 2 aliphatic rings. The van der Waals surface area contributed by atoms with Crippen LogP contribution < -0.4 is 5.73 Å². The number of nitrogens with zero attached hydrogens (tertiary/aromatic N) is 2. The average molecular weight is 373 g/mol. The van der Waals surface area contributed by atoms with Gasteiger partial charge in [0.2, 0.25) is 0 Å². The largest absolute Gasteiger partial charge is 0.383 e. The predicted molar refractivity (Wildman–Crippen MR) is 82.9 cm³/mol. The molecule has 19 heavy (non-hydrogen) atoms. The van der Waals surface area contributed by atoms with Gasteiger partial charge in [0.25, 0.3) is 0 Å². The van der Waals surface area contributed by atoms with Gasteiger partial charge in [0.15, 0.2) is 5.82 Å². The summed E-state index contributed by atoms with van der Waals surface area (Å²) in [6.07, 6.45) is 7.50. The van der Waals surface area contributed by atoms with E-state index in [1.807, 2.05) is 0 Å². The zero-order valence-corrected chi connectivity index (χ0v) is 13.4. The topological polar surface area (TPSA) is 61.0 Å². The Morgan fingerprint density at radius 1 is 1.16 bits per heavy atom. The van der Waals surface area contributed by atoms with E-state index in [2.05, 4.69) is 34.5 Å². The molecule has 104 valence electrons. The average Bonchev–Trinajstić information content (AvgIpc) is 3.03. The van der Waals surface area contributed by atoms with Crippen LogP contribution in [-0.2, 0) is 4.74 Å². The number of anilines is 1. The molecule has 1 aromatic heterocycles. The van der Waals surface area contributed by atoms with Gasteiger partial charge in [-0.05, 0) is 55.2 Å². The van der Waals surface area contributed by atoms with E-state index in [0.717, 1.165) is 27.9 Å². The number of nitrogen functional groups attached to an aromatic ring is 1. The number of hydrogen-bond donors (Lipinski definition) is 1. The lowest BCUT2D eigenvalue weighted by molar-refractivity contribution is 0.0501. The first-order valence-electron chi connectivity index (χ1n) is 7.13. The molecule has 2 heterocycles. The molecule has 3 rings (SSSR count). The number of nitrogens with two attached hydrogens (primary N) is 1. The number of ether oxygens (including phenoxy) is 1. The molecule has 1 saturated carbocycles.